The van der Waals surface area contributed by atoms with Gasteiger partial charge in [-0.05, 0) is 29.7 Å². The highest BCUT2D eigenvalue weighted by Crippen LogP contribution is 2.36. The minimum absolute atomic E-state index is 0.366. The number of nitrogen functional groups attached to an aromatic ring is 1. The third kappa shape index (κ3) is 2.57. The Kier molecular flexibility index (Phi) is 3.73. The fourth-order valence-corrected chi connectivity index (χ4v) is 2.35. The van der Waals surface area contributed by atoms with Crippen molar-refractivity contribution in [2.24, 2.45) is 0 Å². The molecule has 0 unspecified atom stereocenters. The maximum atomic E-state index is 6.17. The topological polar surface area (TPSA) is 51.8 Å². The SMILES string of the molecule is CC(C)c1cnnc(-c2c(Cl)cc(N)cc2Cl)c1. The Morgan fingerprint density at radius 2 is 1.72 bits per heavy atom. The van der Waals surface area contributed by atoms with E-state index in [9.17, 15) is 0 Å². The highest BCUT2D eigenvalue weighted by Gasteiger charge is 2.13. The van der Waals surface area contributed by atoms with Gasteiger partial charge in [-0.3, -0.25) is 0 Å². The van der Waals surface area contributed by atoms with Gasteiger partial charge in [-0.25, -0.2) is 0 Å². The van der Waals surface area contributed by atoms with Gasteiger partial charge in [0.15, 0.2) is 0 Å². The van der Waals surface area contributed by atoms with Crippen LogP contribution in [0.1, 0.15) is 25.3 Å². The van der Waals surface area contributed by atoms with Crippen molar-refractivity contribution in [3.8, 4) is 11.3 Å². The normalized spacial score (nSPS) is 10.9. The van der Waals surface area contributed by atoms with Crippen LogP contribution in [0.15, 0.2) is 24.4 Å². The number of benzene rings is 1. The summed E-state index contributed by atoms with van der Waals surface area (Å²) in [4.78, 5) is 0. The monoisotopic (exact) mass is 281 g/mol. The summed E-state index contributed by atoms with van der Waals surface area (Å²) in [5, 5.41) is 9.04. The molecule has 0 spiro atoms. The minimum Gasteiger partial charge on any atom is -0.399 e. The number of nitrogens with zero attached hydrogens (tertiary/aromatic N) is 2. The average Bonchev–Trinajstić information content (AvgIpc) is 2.28. The molecule has 0 aliphatic carbocycles. The molecule has 0 atom stereocenters. The zero-order valence-corrected chi connectivity index (χ0v) is 11.6. The second-order valence-corrected chi connectivity index (χ2v) is 5.20. The van der Waals surface area contributed by atoms with E-state index >= 15 is 0 Å². The molecule has 3 nitrogen and oxygen atoms in total. The van der Waals surface area contributed by atoms with Crippen molar-refractivity contribution in [3.63, 3.8) is 0 Å². The summed E-state index contributed by atoms with van der Waals surface area (Å²) in [7, 11) is 0. The Morgan fingerprint density at radius 3 is 2.28 bits per heavy atom. The van der Waals surface area contributed by atoms with E-state index in [1.54, 1.807) is 18.3 Å². The first-order valence-electron chi connectivity index (χ1n) is 5.56. The largest absolute Gasteiger partial charge is 0.399 e. The molecule has 0 radical (unpaired) electrons. The van der Waals surface area contributed by atoms with Crippen molar-refractivity contribution in [3.05, 3.63) is 40.0 Å². The highest BCUT2D eigenvalue weighted by atomic mass is 35.5. The molecule has 2 N–H and O–H groups in total. The van der Waals surface area contributed by atoms with E-state index in [4.69, 9.17) is 28.9 Å². The van der Waals surface area contributed by atoms with Crippen molar-refractivity contribution < 1.29 is 0 Å². The molecule has 0 amide bonds. The van der Waals surface area contributed by atoms with Gasteiger partial charge in [0.25, 0.3) is 0 Å². The van der Waals surface area contributed by atoms with Crippen molar-refractivity contribution in [2.75, 3.05) is 5.73 Å². The van der Waals surface area contributed by atoms with Crippen molar-refractivity contribution in [1.29, 1.82) is 0 Å². The summed E-state index contributed by atoms with van der Waals surface area (Å²) in [6, 6.07) is 5.26. The van der Waals surface area contributed by atoms with Crippen molar-refractivity contribution in [2.45, 2.75) is 19.8 Å². The van der Waals surface area contributed by atoms with Gasteiger partial charge in [-0.2, -0.15) is 10.2 Å². The third-order valence-corrected chi connectivity index (χ3v) is 3.26. The Morgan fingerprint density at radius 1 is 1.11 bits per heavy atom. The Balaban J connectivity index is 2.59. The highest BCUT2D eigenvalue weighted by molar-refractivity contribution is 6.39. The van der Waals surface area contributed by atoms with Gasteiger partial charge in [0, 0.05) is 11.3 Å². The smallest absolute Gasteiger partial charge is 0.0962 e. The first-order chi connectivity index (χ1) is 8.49. The van der Waals surface area contributed by atoms with E-state index in [0.717, 1.165) is 5.56 Å². The lowest BCUT2D eigenvalue weighted by Gasteiger charge is -2.10. The predicted octanol–water partition coefficient (Wildman–Crippen LogP) is 4.16. The van der Waals surface area contributed by atoms with Gasteiger partial charge in [-0.15, -0.1) is 0 Å². The summed E-state index contributed by atoms with van der Waals surface area (Å²) in [6.45, 7) is 4.18. The molecule has 18 heavy (non-hydrogen) atoms. The number of nitrogens with two attached hydrogens (primary N) is 1. The van der Waals surface area contributed by atoms with Crippen molar-refractivity contribution >= 4 is 28.9 Å². The van der Waals surface area contributed by atoms with E-state index < -0.39 is 0 Å². The quantitative estimate of drug-likeness (QED) is 0.841. The van der Waals surface area contributed by atoms with Crippen LogP contribution >= 0.6 is 23.2 Å². The number of anilines is 1. The number of hydrogen-bond acceptors (Lipinski definition) is 3. The van der Waals surface area contributed by atoms with Crippen molar-refractivity contribution in [1.82, 2.24) is 10.2 Å². The summed E-state index contributed by atoms with van der Waals surface area (Å²) in [5.74, 6) is 0.366. The fourth-order valence-electron chi connectivity index (χ4n) is 1.66. The number of halogens is 2. The summed E-state index contributed by atoms with van der Waals surface area (Å²) in [6.07, 6.45) is 1.74. The van der Waals surface area contributed by atoms with E-state index in [1.807, 2.05) is 6.07 Å². The zero-order chi connectivity index (χ0) is 13.3. The lowest BCUT2D eigenvalue weighted by molar-refractivity contribution is 0.843. The van der Waals surface area contributed by atoms with Gasteiger partial charge in [-0.1, -0.05) is 37.0 Å². The van der Waals surface area contributed by atoms with E-state index in [0.29, 0.717) is 32.9 Å². The predicted molar refractivity (Wildman–Crippen MR) is 76.0 cm³/mol. The number of rotatable bonds is 2. The lowest BCUT2D eigenvalue weighted by atomic mass is 10.0. The van der Waals surface area contributed by atoms with Crippen LogP contribution in [0.4, 0.5) is 5.69 Å². The molecule has 5 heteroatoms. The molecule has 1 aromatic carbocycles. The first kappa shape index (κ1) is 13.1. The minimum atomic E-state index is 0.366. The maximum absolute atomic E-state index is 6.17. The Hall–Kier alpha value is -1.32. The molecule has 1 aromatic heterocycles. The van der Waals surface area contributed by atoms with Crippen LogP contribution in [0.2, 0.25) is 10.0 Å². The second kappa shape index (κ2) is 5.12. The summed E-state index contributed by atoms with van der Waals surface area (Å²) in [5.41, 5.74) is 8.63. The van der Waals surface area contributed by atoms with Crippen LogP contribution in [0.5, 0.6) is 0 Å². The number of aromatic nitrogens is 2. The molecular weight excluding hydrogens is 269 g/mol. The molecule has 0 aliphatic heterocycles. The maximum Gasteiger partial charge on any atom is 0.0962 e. The Labute approximate surface area is 116 Å². The van der Waals surface area contributed by atoms with Crippen LogP contribution in [0.3, 0.4) is 0 Å². The van der Waals surface area contributed by atoms with E-state index in [2.05, 4.69) is 24.0 Å². The molecule has 0 fully saturated rings. The molecule has 94 valence electrons. The molecular formula is C13H13Cl2N3. The van der Waals surface area contributed by atoms with Crippen LogP contribution in [-0.4, -0.2) is 10.2 Å². The molecule has 0 bridgehead atoms. The van der Waals surface area contributed by atoms with Crippen LogP contribution in [0.25, 0.3) is 11.3 Å². The van der Waals surface area contributed by atoms with Crippen LogP contribution < -0.4 is 5.73 Å². The first-order valence-corrected chi connectivity index (χ1v) is 6.32. The molecule has 2 rings (SSSR count). The fraction of sp³-hybridized carbons (Fsp3) is 0.231. The standard InChI is InChI=1S/C13H13Cl2N3/c1-7(2)8-3-12(18-17-6-8)13-10(14)4-9(16)5-11(13)15/h3-7H,16H2,1-2H3. The van der Waals surface area contributed by atoms with Crippen LogP contribution in [-0.2, 0) is 0 Å². The van der Waals surface area contributed by atoms with E-state index in [-0.39, 0.29) is 0 Å². The molecule has 0 saturated carbocycles. The molecule has 0 saturated heterocycles. The van der Waals surface area contributed by atoms with Gasteiger partial charge in [0.05, 0.1) is 21.9 Å². The summed E-state index contributed by atoms with van der Waals surface area (Å²) < 4.78 is 0. The third-order valence-electron chi connectivity index (χ3n) is 2.66. The lowest BCUT2D eigenvalue weighted by Crippen LogP contribution is -1.96. The second-order valence-electron chi connectivity index (χ2n) is 4.39. The van der Waals surface area contributed by atoms with E-state index in [1.165, 1.54) is 0 Å². The molecule has 2 aromatic rings. The summed E-state index contributed by atoms with van der Waals surface area (Å²) >= 11 is 12.3. The van der Waals surface area contributed by atoms with Gasteiger partial charge < -0.3 is 5.73 Å². The van der Waals surface area contributed by atoms with Gasteiger partial charge >= 0.3 is 0 Å². The molecule has 0 aliphatic rings. The Bertz CT molecular complexity index is 559. The number of hydrogen-bond donors (Lipinski definition) is 1. The van der Waals surface area contributed by atoms with Crippen LogP contribution in [0, 0.1) is 0 Å². The van der Waals surface area contributed by atoms with Gasteiger partial charge in [0.1, 0.15) is 0 Å². The average molecular weight is 282 g/mol. The molecule has 1 heterocycles. The zero-order valence-electron chi connectivity index (χ0n) is 10.1. The van der Waals surface area contributed by atoms with Gasteiger partial charge in [0.2, 0.25) is 0 Å².